The molecule has 0 atom stereocenters. The van der Waals surface area contributed by atoms with Crippen molar-refractivity contribution in [2.75, 3.05) is 54.1 Å². The van der Waals surface area contributed by atoms with Crippen LogP contribution in [0.15, 0.2) is 78.9 Å². The Bertz CT molecular complexity index is 1300. The molecule has 0 spiro atoms. The number of rotatable bonds is 21. The molecule has 0 aromatic heterocycles. The zero-order chi connectivity index (χ0) is 33.2. The van der Waals surface area contributed by atoms with Gasteiger partial charge < -0.3 is 34.0 Å². The van der Waals surface area contributed by atoms with Crippen LogP contribution in [0.3, 0.4) is 0 Å². The Morgan fingerprint density at radius 1 is 0.696 bits per heavy atom. The number of carbonyl (C=O) groups excluding carboxylic acids is 3. The van der Waals surface area contributed by atoms with Crippen molar-refractivity contribution in [1.82, 2.24) is 10.2 Å². The van der Waals surface area contributed by atoms with Crippen LogP contribution in [0.4, 0.5) is 0 Å². The molecule has 0 unspecified atom stereocenters. The quantitative estimate of drug-likeness (QED) is 0.0929. The van der Waals surface area contributed by atoms with Crippen LogP contribution < -0.4 is 14.8 Å². The minimum Gasteiger partial charge on any atom is -0.497 e. The molecule has 0 saturated carbocycles. The average Bonchev–Trinajstić information content (AvgIpc) is 3.09. The second-order valence-electron chi connectivity index (χ2n) is 11.1. The van der Waals surface area contributed by atoms with Crippen LogP contribution in [0.5, 0.6) is 11.5 Å². The van der Waals surface area contributed by atoms with E-state index in [1.807, 2.05) is 85.9 Å². The normalized spacial score (nSPS) is 11.1. The molecule has 0 aliphatic carbocycles. The third-order valence-corrected chi connectivity index (χ3v) is 7.83. The maximum absolute atomic E-state index is 13.4. The Morgan fingerprint density at radius 3 is 1.80 bits per heavy atom. The summed E-state index contributed by atoms with van der Waals surface area (Å²) in [6.07, 6.45) is 3.25. The summed E-state index contributed by atoms with van der Waals surface area (Å²) in [6, 6.07) is 25.6. The number of ether oxygens (including phenoxy) is 4. The maximum Gasteiger partial charge on any atom is 0.306 e. The van der Waals surface area contributed by atoms with Crippen molar-refractivity contribution >= 4 is 17.7 Å². The first-order valence-electron chi connectivity index (χ1n) is 15.9. The predicted octanol–water partition coefficient (Wildman–Crippen LogP) is 5.53. The van der Waals surface area contributed by atoms with Gasteiger partial charge in [-0.25, -0.2) is 0 Å². The van der Waals surface area contributed by atoms with Gasteiger partial charge in [0.15, 0.2) is 0 Å². The van der Waals surface area contributed by atoms with E-state index in [0.717, 1.165) is 54.0 Å². The third-order valence-electron chi connectivity index (χ3n) is 7.83. The van der Waals surface area contributed by atoms with Gasteiger partial charge in [-0.3, -0.25) is 9.59 Å². The van der Waals surface area contributed by atoms with Crippen LogP contribution in [-0.4, -0.2) is 76.7 Å². The fourth-order valence-corrected chi connectivity index (χ4v) is 5.28. The number of methoxy groups -OCH3 is 2. The minimum absolute atomic E-state index is 0.0213. The molecule has 0 radical (unpaired) electrons. The number of esters is 1. The number of ketones is 1. The highest BCUT2D eigenvalue weighted by Gasteiger charge is 2.38. The van der Waals surface area contributed by atoms with E-state index < -0.39 is 11.6 Å². The second kappa shape index (κ2) is 19.3. The lowest BCUT2D eigenvalue weighted by atomic mass is 9.80. The molecule has 0 saturated heterocycles. The summed E-state index contributed by atoms with van der Waals surface area (Å²) < 4.78 is 23.2. The largest absolute Gasteiger partial charge is 0.497 e. The fraction of sp³-hybridized carbons (Fsp3) is 0.432. The van der Waals surface area contributed by atoms with Gasteiger partial charge in [-0.15, -0.1) is 0 Å². The molecular formula is C37H48N2O7. The number of Topliss-reactive ketones (excluding diaryl/α,β-unsaturated/α-hetero) is 1. The Hall–Kier alpha value is -4.21. The highest BCUT2D eigenvalue weighted by molar-refractivity contribution is 5.81. The average molecular weight is 633 g/mol. The van der Waals surface area contributed by atoms with Crippen LogP contribution in [-0.2, 0) is 29.5 Å². The molecule has 1 N–H and O–H groups in total. The number of nitrogens with one attached hydrogen (secondary N) is 1. The number of hydrogen-bond donors (Lipinski definition) is 1. The number of unbranched alkanes of at least 4 members (excludes halogenated alkanes) is 2. The van der Waals surface area contributed by atoms with E-state index in [-0.39, 0.29) is 44.3 Å². The molecule has 248 valence electrons. The van der Waals surface area contributed by atoms with Crippen LogP contribution >= 0.6 is 0 Å². The lowest BCUT2D eigenvalue weighted by molar-refractivity contribution is -0.147. The lowest BCUT2D eigenvalue weighted by Crippen LogP contribution is -2.40. The Balaban J connectivity index is 1.88. The number of amides is 1. The van der Waals surface area contributed by atoms with Crippen LogP contribution in [0, 0.1) is 0 Å². The van der Waals surface area contributed by atoms with Crippen LogP contribution in [0.1, 0.15) is 62.1 Å². The van der Waals surface area contributed by atoms with E-state index in [0.29, 0.717) is 13.0 Å². The summed E-state index contributed by atoms with van der Waals surface area (Å²) in [7, 11) is 5.18. The first-order chi connectivity index (χ1) is 22.3. The molecule has 0 bridgehead atoms. The van der Waals surface area contributed by atoms with Crippen molar-refractivity contribution in [3.05, 3.63) is 95.6 Å². The minimum atomic E-state index is -1.01. The summed E-state index contributed by atoms with van der Waals surface area (Å²) in [5.74, 6) is 0.912. The highest BCUT2D eigenvalue weighted by atomic mass is 16.5. The van der Waals surface area contributed by atoms with E-state index in [2.05, 4.69) is 5.32 Å². The van der Waals surface area contributed by atoms with Gasteiger partial charge in [0.25, 0.3) is 0 Å². The predicted molar refractivity (Wildman–Crippen MR) is 178 cm³/mol. The van der Waals surface area contributed by atoms with Gasteiger partial charge in [-0.2, -0.15) is 0 Å². The zero-order valence-corrected chi connectivity index (χ0v) is 27.6. The number of nitrogens with zero attached hydrogens (tertiary/aromatic N) is 1. The van der Waals surface area contributed by atoms with Crippen molar-refractivity contribution in [2.45, 2.75) is 51.0 Å². The van der Waals surface area contributed by atoms with Crippen molar-refractivity contribution in [1.29, 1.82) is 0 Å². The standard InChI is InChI=1S/C37H48N2O7/c1-29(40)14-23-36(42)45-27-25-39(35(41)13-9-6-10-24-38-2)26-28-46-37(30-11-7-5-8-12-30,31-15-19-33(43-3)20-16-31)32-17-21-34(44-4)22-18-32/h5,7-8,11-12,15-22,38H,6,9-10,13-14,23-28H2,1-4H3. The third kappa shape index (κ3) is 10.7. The SMILES string of the molecule is CNCCCCCC(=O)N(CCOC(=O)CCC(C)=O)CCOC(c1ccccc1)(c1ccc(OC)cc1)c1ccc(OC)cc1. The summed E-state index contributed by atoms with van der Waals surface area (Å²) >= 11 is 0. The smallest absolute Gasteiger partial charge is 0.306 e. The van der Waals surface area contributed by atoms with Gasteiger partial charge >= 0.3 is 5.97 Å². The molecule has 0 aliphatic heterocycles. The summed E-state index contributed by atoms with van der Waals surface area (Å²) in [5.41, 5.74) is 1.70. The molecule has 0 fully saturated rings. The highest BCUT2D eigenvalue weighted by Crippen LogP contribution is 2.41. The summed E-state index contributed by atoms with van der Waals surface area (Å²) in [5, 5.41) is 3.13. The number of carbonyl (C=O) groups is 3. The fourth-order valence-electron chi connectivity index (χ4n) is 5.28. The number of hydrogen-bond acceptors (Lipinski definition) is 8. The van der Waals surface area contributed by atoms with E-state index in [1.165, 1.54) is 6.92 Å². The molecule has 46 heavy (non-hydrogen) atoms. The van der Waals surface area contributed by atoms with Crippen molar-refractivity contribution in [3.8, 4) is 11.5 Å². The van der Waals surface area contributed by atoms with Gasteiger partial charge in [-0.05, 0) is 74.3 Å². The summed E-state index contributed by atoms with van der Waals surface area (Å²) in [6.45, 7) is 3.12. The van der Waals surface area contributed by atoms with Crippen molar-refractivity contribution < 1.29 is 33.3 Å². The molecule has 3 rings (SSSR count). The first-order valence-corrected chi connectivity index (χ1v) is 15.9. The second-order valence-corrected chi connectivity index (χ2v) is 11.1. The topological polar surface area (TPSA) is 103 Å². The van der Waals surface area contributed by atoms with E-state index in [1.54, 1.807) is 19.1 Å². The lowest BCUT2D eigenvalue weighted by Gasteiger charge is -2.37. The first kappa shape index (κ1) is 36.3. The molecular weight excluding hydrogens is 584 g/mol. The van der Waals surface area contributed by atoms with Crippen molar-refractivity contribution in [2.24, 2.45) is 0 Å². The van der Waals surface area contributed by atoms with Gasteiger partial charge in [-0.1, -0.05) is 61.0 Å². The van der Waals surface area contributed by atoms with E-state index in [4.69, 9.17) is 18.9 Å². The zero-order valence-electron chi connectivity index (χ0n) is 27.6. The van der Waals surface area contributed by atoms with E-state index in [9.17, 15) is 14.4 Å². The monoisotopic (exact) mass is 632 g/mol. The van der Waals surface area contributed by atoms with Crippen LogP contribution in [0.2, 0.25) is 0 Å². The van der Waals surface area contributed by atoms with Crippen LogP contribution in [0.25, 0.3) is 0 Å². The molecule has 9 nitrogen and oxygen atoms in total. The molecule has 3 aromatic rings. The Labute approximate surface area is 273 Å². The number of benzene rings is 3. The molecule has 3 aromatic carbocycles. The van der Waals surface area contributed by atoms with Gasteiger partial charge in [0.05, 0.1) is 33.8 Å². The molecule has 0 heterocycles. The summed E-state index contributed by atoms with van der Waals surface area (Å²) in [4.78, 5) is 38.5. The Kier molecular flexibility index (Phi) is 15.2. The Morgan fingerprint density at radius 2 is 1.26 bits per heavy atom. The molecule has 0 aliphatic rings. The van der Waals surface area contributed by atoms with Crippen molar-refractivity contribution in [3.63, 3.8) is 0 Å². The van der Waals surface area contributed by atoms with Gasteiger partial charge in [0, 0.05) is 19.4 Å². The molecule has 1 amide bonds. The maximum atomic E-state index is 13.4. The van der Waals surface area contributed by atoms with Gasteiger partial charge in [0.1, 0.15) is 29.5 Å². The van der Waals surface area contributed by atoms with Gasteiger partial charge in [0.2, 0.25) is 5.91 Å². The molecule has 9 heteroatoms. The van der Waals surface area contributed by atoms with E-state index >= 15 is 0 Å².